The number of rotatable bonds is 8. The summed E-state index contributed by atoms with van der Waals surface area (Å²) in [7, 11) is -3.45. The van der Waals surface area contributed by atoms with Crippen molar-refractivity contribution < 1.29 is 13.2 Å². The van der Waals surface area contributed by atoms with E-state index >= 15 is 0 Å². The van der Waals surface area contributed by atoms with E-state index in [1.807, 2.05) is 42.5 Å². The van der Waals surface area contributed by atoms with Crippen molar-refractivity contribution in [3.63, 3.8) is 0 Å². The molecule has 1 amide bonds. The van der Waals surface area contributed by atoms with Crippen LogP contribution in [0.15, 0.2) is 66.7 Å². The summed E-state index contributed by atoms with van der Waals surface area (Å²) in [6.45, 7) is 0.662. The van der Waals surface area contributed by atoms with Crippen LogP contribution in [0.1, 0.15) is 18.4 Å². The van der Waals surface area contributed by atoms with Gasteiger partial charge >= 0.3 is 0 Å². The number of anilines is 1. The van der Waals surface area contributed by atoms with Crippen LogP contribution in [0.25, 0.3) is 10.8 Å². The third-order valence-electron chi connectivity index (χ3n) is 4.64. The van der Waals surface area contributed by atoms with Gasteiger partial charge in [-0.25, -0.2) is 8.42 Å². The Kier molecular flexibility index (Phi) is 6.77. The Morgan fingerprint density at radius 3 is 2.41 bits per heavy atom. The van der Waals surface area contributed by atoms with E-state index in [4.69, 9.17) is 11.6 Å². The molecule has 0 aromatic heterocycles. The van der Waals surface area contributed by atoms with Crippen molar-refractivity contribution in [2.24, 2.45) is 0 Å². The number of sulfonamides is 1. The largest absolute Gasteiger partial charge is 0.352 e. The van der Waals surface area contributed by atoms with Crippen molar-refractivity contribution >= 4 is 44.0 Å². The van der Waals surface area contributed by atoms with Gasteiger partial charge in [0.1, 0.15) is 0 Å². The summed E-state index contributed by atoms with van der Waals surface area (Å²) in [6.07, 6.45) is 1.81. The maximum atomic E-state index is 12.3. The third kappa shape index (κ3) is 5.71. The van der Waals surface area contributed by atoms with Gasteiger partial charge in [-0.15, -0.1) is 0 Å². The Balaban J connectivity index is 1.56. The first kappa shape index (κ1) is 21.1. The first-order chi connectivity index (χ1) is 13.8. The Hall–Kier alpha value is -2.57. The lowest BCUT2D eigenvalue weighted by Crippen LogP contribution is -2.32. The van der Waals surface area contributed by atoms with Gasteiger partial charge in [0.05, 0.1) is 11.9 Å². The molecular weight excluding hydrogens is 408 g/mol. The summed E-state index contributed by atoms with van der Waals surface area (Å²) in [5.41, 5.74) is 1.59. The molecule has 0 atom stereocenters. The van der Waals surface area contributed by atoms with Gasteiger partial charge in [-0.2, -0.15) is 0 Å². The minimum atomic E-state index is -3.45. The molecule has 0 aliphatic carbocycles. The molecule has 0 heterocycles. The number of fused-ring (bicyclic) bond motifs is 1. The van der Waals surface area contributed by atoms with Crippen LogP contribution in [0.3, 0.4) is 0 Å². The van der Waals surface area contributed by atoms with E-state index in [0.29, 0.717) is 23.7 Å². The Labute approximate surface area is 176 Å². The number of halogens is 1. The predicted octanol–water partition coefficient (Wildman–Crippen LogP) is 4.36. The van der Waals surface area contributed by atoms with E-state index in [1.165, 1.54) is 4.31 Å². The molecule has 0 saturated carbocycles. The molecule has 0 spiro atoms. The second kappa shape index (κ2) is 9.29. The lowest BCUT2D eigenvalue weighted by atomic mass is 10.0. The zero-order valence-corrected chi connectivity index (χ0v) is 17.7. The number of nitrogens with zero attached hydrogens (tertiary/aromatic N) is 1. The van der Waals surface area contributed by atoms with Crippen molar-refractivity contribution in [3.8, 4) is 0 Å². The van der Waals surface area contributed by atoms with Gasteiger partial charge in [0.2, 0.25) is 15.9 Å². The zero-order chi connectivity index (χ0) is 20.9. The highest BCUT2D eigenvalue weighted by Gasteiger charge is 2.17. The number of nitrogens with one attached hydrogen (secondary N) is 1. The van der Waals surface area contributed by atoms with E-state index < -0.39 is 10.0 Å². The van der Waals surface area contributed by atoms with Gasteiger partial charge in [-0.1, -0.05) is 54.1 Å². The summed E-state index contributed by atoms with van der Waals surface area (Å²) in [5.74, 6) is -0.109. The van der Waals surface area contributed by atoms with Crippen molar-refractivity contribution in [2.45, 2.75) is 19.4 Å². The van der Waals surface area contributed by atoms with Crippen LogP contribution in [-0.2, 0) is 21.4 Å². The molecule has 3 rings (SSSR count). The van der Waals surface area contributed by atoms with Crippen LogP contribution in [0, 0.1) is 0 Å². The quantitative estimate of drug-likeness (QED) is 0.577. The summed E-state index contributed by atoms with van der Waals surface area (Å²) in [4.78, 5) is 12.3. The number of amides is 1. The number of benzene rings is 3. The monoisotopic (exact) mass is 430 g/mol. The predicted molar refractivity (Wildman–Crippen MR) is 119 cm³/mol. The smallest absolute Gasteiger partial charge is 0.232 e. The summed E-state index contributed by atoms with van der Waals surface area (Å²) < 4.78 is 25.5. The Morgan fingerprint density at radius 1 is 1.00 bits per heavy atom. The van der Waals surface area contributed by atoms with Crippen LogP contribution in [0.2, 0.25) is 5.02 Å². The van der Waals surface area contributed by atoms with Crippen molar-refractivity contribution in [2.75, 3.05) is 17.1 Å². The minimum Gasteiger partial charge on any atom is -0.352 e. The Morgan fingerprint density at radius 2 is 1.69 bits per heavy atom. The second-order valence-corrected chi connectivity index (χ2v) is 9.17. The fraction of sp³-hybridized carbons (Fsp3) is 0.227. The second-order valence-electron chi connectivity index (χ2n) is 6.83. The maximum Gasteiger partial charge on any atom is 0.232 e. The fourth-order valence-electron chi connectivity index (χ4n) is 3.21. The standard InChI is InChI=1S/C22H23ClN2O3S/c1-29(27,28)25(20-13-11-19(23)12-14-20)15-5-10-22(26)24-16-18-8-4-7-17-6-2-3-9-21(17)18/h2-4,6-9,11-14H,5,10,15-16H2,1H3,(H,24,26). The van der Waals surface area contributed by atoms with Gasteiger partial charge in [0, 0.05) is 24.5 Å². The van der Waals surface area contributed by atoms with E-state index in [2.05, 4.69) is 5.32 Å². The SMILES string of the molecule is CS(=O)(=O)N(CCCC(=O)NCc1cccc2ccccc12)c1ccc(Cl)cc1. The molecule has 7 heteroatoms. The van der Waals surface area contributed by atoms with Crippen LogP contribution in [0.4, 0.5) is 5.69 Å². The van der Waals surface area contributed by atoms with Crippen molar-refractivity contribution in [1.82, 2.24) is 5.32 Å². The zero-order valence-electron chi connectivity index (χ0n) is 16.1. The van der Waals surface area contributed by atoms with Crippen molar-refractivity contribution in [3.05, 3.63) is 77.3 Å². The lowest BCUT2D eigenvalue weighted by Gasteiger charge is -2.22. The molecule has 1 N–H and O–H groups in total. The van der Waals surface area contributed by atoms with Gasteiger partial charge in [0.15, 0.2) is 0 Å². The molecule has 0 aliphatic rings. The molecule has 3 aromatic carbocycles. The highest BCUT2D eigenvalue weighted by molar-refractivity contribution is 7.92. The van der Waals surface area contributed by atoms with Crippen LogP contribution in [0.5, 0.6) is 0 Å². The highest BCUT2D eigenvalue weighted by Crippen LogP contribution is 2.21. The lowest BCUT2D eigenvalue weighted by molar-refractivity contribution is -0.121. The Bertz CT molecular complexity index is 1090. The van der Waals surface area contributed by atoms with Crippen LogP contribution in [-0.4, -0.2) is 27.1 Å². The normalized spacial score (nSPS) is 11.4. The number of hydrogen-bond acceptors (Lipinski definition) is 3. The van der Waals surface area contributed by atoms with E-state index in [1.54, 1.807) is 24.3 Å². The van der Waals surface area contributed by atoms with Crippen LogP contribution < -0.4 is 9.62 Å². The summed E-state index contributed by atoms with van der Waals surface area (Å²) in [6, 6.07) is 20.6. The maximum absolute atomic E-state index is 12.3. The molecule has 0 fully saturated rings. The van der Waals surface area contributed by atoms with Gasteiger partial charge in [-0.3, -0.25) is 9.10 Å². The third-order valence-corrected chi connectivity index (χ3v) is 6.08. The molecule has 152 valence electrons. The molecule has 0 unspecified atom stereocenters. The molecule has 0 radical (unpaired) electrons. The van der Waals surface area contributed by atoms with E-state index in [-0.39, 0.29) is 18.9 Å². The molecule has 29 heavy (non-hydrogen) atoms. The number of carbonyl (C=O) groups is 1. The first-order valence-electron chi connectivity index (χ1n) is 9.31. The topological polar surface area (TPSA) is 66.5 Å². The fourth-order valence-corrected chi connectivity index (χ4v) is 4.30. The minimum absolute atomic E-state index is 0.109. The van der Waals surface area contributed by atoms with E-state index in [9.17, 15) is 13.2 Å². The van der Waals surface area contributed by atoms with Gasteiger partial charge < -0.3 is 5.32 Å². The highest BCUT2D eigenvalue weighted by atomic mass is 35.5. The van der Waals surface area contributed by atoms with Crippen molar-refractivity contribution in [1.29, 1.82) is 0 Å². The number of carbonyl (C=O) groups excluding carboxylic acids is 1. The van der Waals surface area contributed by atoms with Crippen LogP contribution >= 0.6 is 11.6 Å². The summed E-state index contributed by atoms with van der Waals surface area (Å²) >= 11 is 5.88. The first-order valence-corrected chi connectivity index (χ1v) is 11.5. The molecule has 3 aromatic rings. The molecule has 5 nitrogen and oxygen atoms in total. The molecule has 0 aliphatic heterocycles. The average molecular weight is 431 g/mol. The van der Waals surface area contributed by atoms with E-state index in [0.717, 1.165) is 22.6 Å². The molecule has 0 bridgehead atoms. The number of hydrogen-bond donors (Lipinski definition) is 1. The molecular formula is C22H23ClN2O3S. The summed E-state index contributed by atoms with van der Waals surface area (Å²) in [5, 5.41) is 5.71. The van der Waals surface area contributed by atoms with Gasteiger partial charge in [0.25, 0.3) is 0 Å². The van der Waals surface area contributed by atoms with Gasteiger partial charge in [-0.05, 0) is 47.0 Å². The molecule has 0 saturated heterocycles. The average Bonchev–Trinajstić information content (AvgIpc) is 2.69.